The van der Waals surface area contributed by atoms with Crippen LogP contribution in [-0.2, 0) is 27.4 Å². The van der Waals surface area contributed by atoms with Crippen LogP contribution in [0.4, 0.5) is 0 Å². The molecule has 0 radical (unpaired) electrons. The molecule has 0 aliphatic carbocycles. The molecule has 0 spiro atoms. The Hall–Kier alpha value is -1.96. The fourth-order valence-electron chi connectivity index (χ4n) is 1.59. The van der Waals surface area contributed by atoms with Crippen molar-refractivity contribution in [3.63, 3.8) is 0 Å². The molecule has 8 heteroatoms. The van der Waals surface area contributed by atoms with E-state index >= 15 is 0 Å². The lowest BCUT2D eigenvalue weighted by Gasteiger charge is -2.07. The summed E-state index contributed by atoms with van der Waals surface area (Å²) in [5.41, 5.74) is 0.487. The molecule has 0 aromatic carbocycles. The van der Waals surface area contributed by atoms with Crippen LogP contribution in [-0.4, -0.2) is 47.6 Å². The molecule has 0 aliphatic heterocycles. The molecule has 0 bridgehead atoms. The van der Waals surface area contributed by atoms with Crippen molar-refractivity contribution in [3.8, 4) is 0 Å². The SMILES string of the molecule is CCCCNC(=O)Cn1nnc(C(=O)OC)c1COC. The van der Waals surface area contributed by atoms with E-state index in [0.29, 0.717) is 12.2 Å². The second-order valence-electron chi connectivity index (χ2n) is 4.17. The van der Waals surface area contributed by atoms with Gasteiger partial charge in [0, 0.05) is 13.7 Å². The number of amides is 1. The fourth-order valence-corrected chi connectivity index (χ4v) is 1.59. The van der Waals surface area contributed by atoms with Gasteiger partial charge in [0.15, 0.2) is 5.69 Å². The first-order chi connectivity index (χ1) is 9.63. The number of methoxy groups -OCH3 is 2. The summed E-state index contributed by atoms with van der Waals surface area (Å²) in [6, 6.07) is 0. The average Bonchev–Trinajstić information content (AvgIpc) is 2.82. The lowest BCUT2D eigenvalue weighted by atomic mass is 10.3. The van der Waals surface area contributed by atoms with Crippen LogP contribution in [0, 0.1) is 0 Å². The Labute approximate surface area is 117 Å². The van der Waals surface area contributed by atoms with Crippen LogP contribution >= 0.6 is 0 Å². The molecule has 0 unspecified atom stereocenters. The number of carbonyl (C=O) groups is 2. The van der Waals surface area contributed by atoms with E-state index in [2.05, 4.69) is 20.4 Å². The second-order valence-corrected chi connectivity index (χ2v) is 4.17. The molecule has 0 atom stereocenters. The maximum atomic E-state index is 11.7. The summed E-state index contributed by atoms with van der Waals surface area (Å²) in [5, 5.41) is 10.3. The highest BCUT2D eigenvalue weighted by molar-refractivity contribution is 5.88. The predicted molar refractivity (Wildman–Crippen MR) is 70.0 cm³/mol. The zero-order valence-corrected chi connectivity index (χ0v) is 12.0. The average molecular weight is 284 g/mol. The number of nitrogens with zero attached hydrogens (tertiary/aromatic N) is 3. The van der Waals surface area contributed by atoms with Crippen LogP contribution in [0.2, 0.25) is 0 Å². The maximum Gasteiger partial charge on any atom is 0.360 e. The number of rotatable bonds is 8. The molecule has 8 nitrogen and oxygen atoms in total. The van der Waals surface area contributed by atoms with Gasteiger partial charge in [0.1, 0.15) is 6.54 Å². The van der Waals surface area contributed by atoms with Crippen molar-refractivity contribution in [1.29, 1.82) is 0 Å². The van der Waals surface area contributed by atoms with Crippen LogP contribution in [0.5, 0.6) is 0 Å². The van der Waals surface area contributed by atoms with Gasteiger partial charge in [0.05, 0.1) is 19.4 Å². The standard InChI is InChI=1S/C12H20N4O4/c1-4-5-6-13-10(17)7-16-9(8-19-2)11(14-15-16)12(18)20-3/h4-8H2,1-3H3,(H,13,17). The molecule has 1 aromatic rings. The highest BCUT2D eigenvalue weighted by atomic mass is 16.5. The number of hydrogen-bond donors (Lipinski definition) is 1. The predicted octanol–water partition coefficient (Wildman–Crippen LogP) is 0.127. The Morgan fingerprint density at radius 1 is 1.35 bits per heavy atom. The number of unbranched alkanes of at least 4 members (excludes halogenated alkanes) is 1. The fraction of sp³-hybridized carbons (Fsp3) is 0.667. The van der Waals surface area contributed by atoms with Gasteiger partial charge in [-0.2, -0.15) is 0 Å². The molecule has 0 aliphatic rings. The molecule has 1 aromatic heterocycles. The van der Waals surface area contributed by atoms with Gasteiger partial charge in [0.25, 0.3) is 0 Å². The van der Waals surface area contributed by atoms with E-state index in [1.54, 1.807) is 0 Å². The first-order valence-electron chi connectivity index (χ1n) is 6.40. The molecule has 1 N–H and O–H groups in total. The maximum absolute atomic E-state index is 11.7. The lowest BCUT2D eigenvalue weighted by Crippen LogP contribution is -2.29. The minimum Gasteiger partial charge on any atom is -0.464 e. The van der Waals surface area contributed by atoms with Crippen molar-refractivity contribution in [2.75, 3.05) is 20.8 Å². The van der Waals surface area contributed by atoms with Gasteiger partial charge in [-0.15, -0.1) is 5.10 Å². The summed E-state index contributed by atoms with van der Waals surface area (Å²) >= 11 is 0. The van der Waals surface area contributed by atoms with E-state index in [1.165, 1.54) is 18.9 Å². The van der Waals surface area contributed by atoms with E-state index in [-0.39, 0.29) is 24.8 Å². The Morgan fingerprint density at radius 3 is 2.70 bits per heavy atom. The molecular formula is C12H20N4O4. The van der Waals surface area contributed by atoms with Crippen LogP contribution in [0.15, 0.2) is 0 Å². The quantitative estimate of drug-likeness (QED) is 0.538. The molecule has 0 fully saturated rings. The Balaban J connectivity index is 2.76. The van der Waals surface area contributed by atoms with Gasteiger partial charge in [-0.3, -0.25) is 4.79 Å². The van der Waals surface area contributed by atoms with E-state index in [9.17, 15) is 9.59 Å². The number of ether oxygens (including phenoxy) is 2. The summed E-state index contributed by atoms with van der Waals surface area (Å²) in [7, 11) is 2.75. The molecule has 1 heterocycles. The van der Waals surface area contributed by atoms with Crippen LogP contribution < -0.4 is 5.32 Å². The summed E-state index contributed by atoms with van der Waals surface area (Å²) in [5.74, 6) is -0.785. The molecule has 0 saturated carbocycles. The Kier molecular flexibility index (Phi) is 6.65. The van der Waals surface area contributed by atoms with Crippen molar-refractivity contribution in [2.45, 2.75) is 32.9 Å². The first-order valence-corrected chi connectivity index (χ1v) is 6.40. The largest absolute Gasteiger partial charge is 0.464 e. The molecule has 1 rings (SSSR count). The number of esters is 1. The van der Waals surface area contributed by atoms with Crippen molar-refractivity contribution in [2.24, 2.45) is 0 Å². The van der Waals surface area contributed by atoms with Crippen LogP contribution in [0.25, 0.3) is 0 Å². The van der Waals surface area contributed by atoms with Crippen molar-refractivity contribution < 1.29 is 19.1 Å². The summed E-state index contributed by atoms with van der Waals surface area (Å²) < 4.78 is 11.0. The summed E-state index contributed by atoms with van der Waals surface area (Å²) in [4.78, 5) is 23.3. The van der Waals surface area contributed by atoms with Gasteiger partial charge >= 0.3 is 5.97 Å². The molecule has 20 heavy (non-hydrogen) atoms. The third kappa shape index (κ3) is 4.30. The number of carbonyl (C=O) groups excluding carboxylic acids is 2. The summed E-state index contributed by atoms with van der Waals surface area (Å²) in [6.45, 7) is 2.78. The van der Waals surface area contributed by atoms with Crippen molar-refractivity contribution in [3.05, 3.63) is 11.4 Å². The summed E-state index contributed by atoms with van der Waals surface area (Å²) in [6.07, 6.45) is 1.92. The topological polar surface area (TPSA) is 95.3 Å². The van der Waals surface area contributed by atoms with Gasteiger partial charge in [-0.25, -0.2) is 9.48 Å². The van der Waals surface area contributed by atoms with E-state index in [0.717, 1.165) is 12.8 Å². The molecular weight excluding hydrogens is 264 g/mol. The van der Waals surface area contributed by atoms with Crippen molar-refractivity contribution >= 4 is 11.9 Å². The molecule has 0 saturated heterocycles. The molecule has 1 amide bonds. The number of hydrogen-bond acceptors (Lipinski definition) is 6. The van der Waals surface area contributed by atoms with Crippen LogP contribution in [0.3, 0.4) is 0 Å². The highest BCUT2D eigenvalue weighted by Crippen LogP contribution is 2.08. The van der Waals surface area contributed by atoms with E-state index in [4.69, 9.17) is 4.74 Å². The minimum absolute atomic E-state index is 0.00754. The van der Waals surface area contributed by atoms with E-state index < -0.39 is 5.97 Å². The van der Waals surface area contributed by atoms with Gasteiger partial charge in [-0.1, -0.05) is 18.6 Å². The first kappa shape index (κ1) is 16.1. The Bertz CT molecular complexity index is 458. The van der Waals surface area contributed by atoms with Gasteiger partial charge in [0.2, 0.25) is 5.91 Å². The van der Waals surface area contributed by atoms with Gasteiger partial charge < -0.3 is 14.8 Å². The normalized spacial score (nSPS) is 10.3. The third-order valence-corrected chi connectivity index (χ3v) is 2.64. The zero-order chi connectivity index (χ0) is 15.0. The highest BCUT2D eigenvalue weighted by Gasteiger charge is 2.21. The number of nitrogens with one attached hydrogen (secondary N) is 1. The smallest absolute Gasteiger partial charge is 0.360 e. The van der Waals surface area contributed by atoms with E-state index in [1.807, 2.05) is 6.92 Å². The third-order valence-electron chi connectivity index (χ3n) is 2.64. The van der Waals surface area contributed by atoms with Gasteiger partial charge in [-0.05, 0) is 6.42 Å². The van der Waals surface area contributed by atoms with Crippen LogP contribution in [0.1, 0.15) is 35.9 Å². The lowest BCUT2D eigenvalue weighted by molar-refractivity contribution is -0.121. The Morgan fingerprint density at radius 2 is 2.10 bits per heavy atom. The minimum atomic E-state index is -0.602. The second kappa shape index (κ2) is 8.26. The molecule has 112 valence electrons. The number of aromatic nitrogens is 3. The zero-order valence-electron chi connectivity index (χ0n) is 12.0. The van der Waals surface area contributed by atoms with Crippen molar-refractivity contribution in [1.82, 2.24) is 20.3 Å². The monoisotopic (exact) mass is 284 g/mol.